The number of nitrogens with zero attached hydrogens (tertiary/aromatic N) is 2. The topological polar surface area (TPSA) is 92.3 Å². The van der Waals surface area contributed by atoms with Crippen LogP contribution in [0.25, 0.3) is 0 Å². The van der Waals surface area contributed by atoms with Crippen LogP contribution < -0.4 is 0 Å². The van der Waals surface area contributed by atoms with Crippen molar-refractivity contribution >= 4 is 5.97 Å². The van der Waals surface area contributed by atoms with Crippen LogP contribution >= 0.6 is 0 Å². The molecule has 0 aliphatic rings. The second kappa shape index (κ2) is 9.58. The molecule has 0 bridgehead atoms. The van der Waals surface area contributed by atoms with E-state index >= 15 is 0 Å². The molecule has 6 heteroatoms. The first kappa shape index (κ1) is 18.6. The van der Waals surface area contributed by atoms with Gasteiger partial charge in [-0.25, -0.2) is 4.79 Å². The summed E-state index contributed by atoms with van der Waals surface area (Å²) in [6.45, 7) is 0. The number of hydrogen-bond acceptors (Lipinski definition) is 6. The molecule has 122 valence electrons. The molecular weight excluding hydrogens is 296 g/mol. The highest BCUT2D eigenvalue weighted by molar-refractivity contribution is 5.89. The van der Waals surface area contributed by atoms with Gasteiger partial charge in [-0.15, -0.1) is 0 Å². The number of hydrogen-bond donors (Lipinski definition) is 0. The van der Waals surface area contributed by atoms with Crippen LogP contribution in [0.1, 0.15) is 22.3 Å². The lowest BCUT2D eigenvalue weighted by Crippen LogP contribution is -2.30. The summed E-state index contributed by atoms with van der Waals surface area (Å²) in [4.78, 5) is 11.4. The van der Waals surface area contributed by atoms with Crippen molar-refractivity contribution in [2.75, 3.05) is 21.3 Å². The van der Waals surface area contributed by atoms with E-state index in [1.165, 1.54) is 21.3 Å². The van der Waals surface area contributed by atoms with Gasteiger partial charge in [0.25, 0.3) is 0 Å². The minimum absolute atomic E-state index is 0.361. The van der Waals surface area contributed by atoms with Gasteiger partial charge in [-0.05, 0) is 30.5 Å². The van der Waals surface area contributed by atoms with Crippen LogP contribution in [0.15, 0.2) is 24.3 Å². The molecule has 0 heterocycles. The van der Waals surface area contributed by atoms with Gasteiger partial charge in [-0.2, -0.15) is 10.5 Å². The van der Waals surface area contributed by atoms with E-state index < -0.39 is 12.2 Å². The predicted molar refractivity (Wildman–Crippen MR) is 82.1 cm³/mol. The third kappa shape index (κ3) is 5.07. The summed E-state index contributed by atoms with van der Waals surface area (Å²) in [5, 5.41) is 18.2. The van der Waals surface area contributed by atoms with Gasteiger partial charge in [0.15, 0.2) is 6.29 Å². The zero-order valence-corrected chi connectivity index (χ0v) is 13.5. The summed E-state index contributed by atoms with van der Waals surface area (Å²) in [5.41, 5.74) is 1.47. The Bertz CT molecular complexity index is 568. The fourth-order valence-corrected chi connectivity index (χ4v) is 2.38. The van der Waals surface area contributed by atoms with E-state index in [1.54, 1.807) is 12.1 Å². The smallest absolute Gasteiger partial charge is 0.337 e. The molecule has 0 aromatic heterocycles. The molecule has 1 aromatic carbocycles. The van der Waals surface area contributed by atoms with Crippen molar-refractivity contribution < 1.29 is 19.0 Å². The lowest BCUT2D eigenvalue weighted by Gasteiger charge is -2.25. The third-order valence-electron chi connectivity index (χ3n) is 3.66. The summed E-state index contributed by atoms with van der Waals surface area (Å²) in [7, 11) is 4.30. The number of aryl methyl sites for hydroxylation is 1. The maximum Gasteiger partial charge on any atom is 0.337 e. The normalized spacial score (nSPS) is 11.8. The highest BCUT2D eigenvalue weighted by Gasteiger charge is 2.29. The zero-order valence-electron chi connectivity index (χ0n) is 13.5. The molecular formula is C17H20N2O4. The van der Waals surface area contributed by atoms with E-state index in [-0.39, 0.29) is 11.9 Å². The Morgan fingerprint density at radius 1 is 1.09 bits per heavy atom. The largest absolute Gasteiger partial charge is 0.465 e. The van der Waals surface area contributed by atoms with Crippen LogP contribution in [0.3, 0.4) is 0 Å². The average molecular weight is 316 g/mol. The van der Waals surface area contributed by atoms with Gasteiger partial charge in [0.1, 0.15) is 5.92 Å². The minimum atomic E-state index is -0.811. The first-order chi connectivity index (χ1) is 11.1. The van der Waals surface area contributed by atoms with Crippen LogP contribution in [0.5, 0.6) is 0 Å². The molecule has 0 N–H and O–H groups in total. The van der Waals surface area contributed by atoms with Gasteiger partial charge < -0.3 is 14.2 Å². The van der Waals surface area contributed by atoms with E-state index in [0.717, 1.165) is 5.56 Å². The second-order valence-electron chi connectivity index (χ2n) is 4.97. The van der Waals surface area contributed by atoms with Crippen molar-refractivity contribution in [1.82, 2.24) is 0 Å². The van der Waals surface area contributed by atoms with Gasteiger partial charge in [0.2, 0.25) is 0 Å². The van der Waals surface area contributed by atoms with Gasteiger partial charge in [-0.1, -0.05) is 12.1 Å². The number of esters is 1. The molecule has 0 aliphatic heterocycles. The molecule has 1 aromatic rings. The monoisotopic (exact) mass is 316 g/mol. The highest BCUT2D eigenvalue weighted by atomic mass is 16.7. The number of carbonyl (C=O) groups is 1. The van der Waals surface area contributed by atoms with Gasteiger partial charge in [0, 0.05) is 20.1 Å². The zero-order chi connectivity index (χ0) is 17.2. The van der Waals surface area contributed by atoms with Crippen LogP contribution in [0, 0.1) is 34.5 Å². The summed E-state index contributed by atoms with van der Waals surface area (Å²) in [6.07, 6.45) is 0.568. The quantitative estimate of drug-likeness (QED) is 0.540. The highest BCUT2D eigenvalue weighted by Crippen LogP contribution is 2.24. The van der Waals surface area contributed by atoms with Crippen LogP contribution in [-0.4, -0.2) is 33.6 Å². The molecule has 0 saturated heterocycles. The van der Waals surface area contributed by atoms with Crippen LogP contribution in [0.4, 0.5) is 0 Å². The first-order valence-corrected chi connectivity index (χ1v) is 7.13. The first-order valence-electron chi connectivity index (χ1n) is 7.13. The number of benzene rings is 1. The summed E-state index contributed by atoms with van der Waals surface area (Å²) >= 11 is 0. The van der Waals surface area contributed by atoms with Crippen molar-refractivity contribution in [1.29, 1.82) is 10.5 Å². The second-order valence-corrected chi connectivity index (χ2v) is 4.97. The molecule has 0 saturated carbocycles. The van der Waals surface area contributed by atoms with Crippen LogP contribution in [0.2, 0.25) is 0 Å². The molecule has 0 spiro atoms. The number of rotatable bonds is 8. The van der Waals surface area contributed by atoms with E-state index in [2.05, 4.69) is 4.74 Å². The molecule has 1 unspecified atom stereocenters. The average Bonchev–Trinajstić information content (AvgIpc) is 2.60. The predicted octanol–water partition coefficient (Wildman–Crippen LogP) is 2.30. The number of methoxy groups -OCH3 is 3. The molecule has 0 fully saturated rings. The maximum absolute atomic E-state index is 11.4. The summed E-state index contributed by atoms with van der Waals surface area (Å²) < 4.78 is 15.1. The number of carbonyl (C=O) groups excluding carboxylic acids is 1. The van der Waals surface area contributed by atoms with Crippen molar-refractivity contribution in [3.63, 3.8) is 0 Å². The molecule has 0 radical (unpaired) electrons. The Morgan fingerprint density at radius 2 is 1.65 bits per heavy atom. The minimum Gasteiger partial charge on any atom is -0.465 e. The van der Waals surface area contributed by atoms with Gasteiger partial charge in [-0.3, -0.25) is 0 Å². The Balaban J connectivity index is 2.80. The Morgan fingerprint density at radius 3 is 2.09 bits per heavy atom. The molecule has 23 heavy (non-hydrogen) atoms. The van der Waals surface area contributed by atoms with E-state index in [0.29, 0.717) is 18.4 Å². The summed E-state index contributed by atoms with van der Waals surface area (Å²) in [6, 6.07) is 11.0. The Kier molecular flexibility index (Phi) is 7.76. The SMILES string of the molecule is COC(=O)c1ccc(CCC(C(C#N)C#N)C(OC)OC)cc1. The van der Waals surface area contributed by atoms with E-state index in [9.17, 15) is 4.79 Å². The number of nitriles is 2. The van der Waals surface area contributed by atoms with Crippen molar-refractivity contribution in [3.8, 4) is 12.1 Å². The fourth-order valence-electron chi connectivity index (χ4n) is 2.38. The lowest BCUT2D eigenvalue weighted by molar-refractivity contribution is -0.142. The van der Waals surface area contributed by atoms with Crippen molar-refractivity contribution in [2.24, 2.45) is 11.8 Å². The Labute approximate surface area is 136 Å². The summed E-state index contributed by atoms with van der Waals surface area (Å²) in [5.74, 6) is -1.56. The molecule has 0 amide bonds. The van der Waals surface area contributed by atoms with E-state index in [1.807, 2.05) is 24.3 Å². The third-order valence-corrected chi connectivity index (χ3v) is 3.66. The lowest BCUT2D eigenvalue weighted by atomic mass is 9.88. The molecule has 0 aliphatic carbocycles. The van der Waals surface area contributed by atoms with Crippen molar-refractivity contribution in [2.45, 2.75) is 19.1 Å². The van der Waals surface area contributed by atoms with Gasteiger partial charge >= 0.3 is 5.97 Å². The van der Waals surface area contributed by atoms with Crippen molar-refractivity contribution in [3.05, 3.63) is 35.4 Å². The van der Waals surface area contributed by atoms with E-state index in [4.69, 9.17) is 20.0 Å². The number of ether oxygens (including phenoxy) is 3. The van der Waals surface area contributed by atoms with Crippen LogP contribution in [-0.2, 0) is 20.6 Å². The molecule has 6 nitrogen and oxygen atoms in total. The Hall–Kier alpha value is -2.41. The molecule has 1 atom stereocenters. The molecule has 1 rings (SSSR count). The standard InChI is InChI=1S/C17H20N2O4/c1-21-16(20)13-7-4-12(5-8-13)6-9-15(14(10-18)11-19)17(22-2)23-3/h4-5,7-8,14-15,17H,6,9H2,1-3H3. The van der Waals surface area contributed by atoms with Gasteiger partial charge in [0.05, 0.1) is 24.8 Å². The maximum atomic E-state index is 11.4. The fraction of sp³-hybridized carbons (Fsp3) is 0.471.